The van der Waals surface area contributed by atoms with Crippen molar-refractivity contribution < 1.29 is 14.7 Å². The first-order valence-electron chi connectivity index (χ1n) is 5.59. The molecule has 17 heavy (non-hydrogen) atoms. The van der Waals surface area contributed by atoms with Gasteiger partial charge in [0.15, 0.2) is 0 Å². The topological polar surface area (TPSA) is 66.4 Å². The molecule has 0 saturated heterocycles. The quantitative estimate of drug-likeness (QED) is 0.820. The molecule has 0 spiro atoms. The number of aryl methyl sites for hydroxylation is 1. The standard InChI is InChI=1S/C13H17NO3/c1-9-5-3-4-6-11(9)13(17)14-10(2)7-8-12(15)16/h3-6,10H,7-8H2,1-2H3,(H,14,17)(H,15,16). The number of hydrogen-bond donors (Lipinski definition) is 2. The molecular formula is C13H17NO3. The van der Waals surface area contributed by atoms with E-state index in [-0.39, 0.29) is 18.4 Å². The lowest BCUT2D eigenvalue weighted by Crippen LogP contribution is -2.33. The predicted molar refractivity (Wildman–Crippen MR) is 65.0 cm³/mol. The molecule has 1 rings (SSSR count). The average Bonchev–Trinajstić information content (AvgIpc) is 2.26. The van der Waals surface area contributed by atoms with E-state index in [1.807, 2.05) is 25.1 Å². The van der Waals surface area contributed by atoms with E-state index in [1.54, 1.807) is 13.0 Å². The van der Waals surface area contributed by atoms with Crippen molar-refractivity contribution in [1.82, 2.24) is 5.32 Å². The van der Waals surface area contributed by atoms with Gasteiger partial charge in [0.05, 0.1) is 0 Å². The van der Waals surface area contributed by atoms with E-state index in [4.69, 9.17) is 5.11 Å². The average molecular weight is 235 g/mol. The zero-order valence-corrected chi connectivity index (χ0v) is 10.1. The summed E-state index contributed by atoms with van der Waals surface area (Å²) in [5.41, 5.74) is 1.55. The van der Waals surface area contributed by atoms with E-state index < -0.39 is 5.97 Å². The summed E-state index contributed by atoms with van der Waals surface area (Å²) in [5.74, 6) is -0.997. The Morgan fingerprint density at radius 2 is 2.00 bits per heavy atom. The molecule has 0 fully saturated rings. The maximum atomic E-state index is 11.9. The van der Waals surface area contributed by atoms with Crippen LogP contribution in [0.25, 0.3) is 0 Å². The highest BCUT2D eigenvalue weighted by Gasteiger charge is 2.12. The summed E-state index contributed by atoms with van der Waals surface area (Å²) in [6.07, 6.45) is 0.502. The maximum Gasteiger partial charge on any atom is 0.303 e. The number of aliphatic carboxylic acids is 1. The van der Waals surface area contributed by atoms with Crippen molar-refractivity contribution in [2.24, 2.45) is 0 Å². The molecule has 4 heteroatoms. The van der Waals surface area contributed by atoms with Gasteiger partial charge in [-0.1, -0.05) is 18.2 Å². The van der Waals surface area contributed by atoms with Crippen LogP contribution in [0.2, 0.25) is 0 Å². The Morgan fingerprint density at radius 3 is 2.59 bits per heavy atom. The second-order valence-electron chi connectivity index (χ2n) is 4.12. The van der Waals surface area contributed by atoms with Gasteiger partial charge >= 0.3 is 5.97 Å². The number of nitrogens with one attached hydrogen (secondary N) is 1. The molecule has 1 unspecified atom stereocenters. The van der Waals surface area contributed by atoms with Crippen LogP contribution in [0.1, 0.15) is 35.7 Å². The summed E-state index contributed by atoms with van der Waals surface area (Å²) in [6, 6.07) is 7.17. The third-order valence-corrected chi connectivity index (χ3v) is 2.56. The third kappa shape index (κ3) is 4.26. The molecule has 1 aromatic carbocycles. The lowest BCUT2D eigenvalue weighted by Gasteiger charge is -2.13. The molecule has 0 aliphatic rings. The van der Waals surface area contributed by atoms with Gasteiger partial charge in [-0.3, -0.25) is 9.59 Å². The first-order chi connectivity index (χ1) is 8.00. The van der Waals surface area contributed by atoms with E-state index in [9.17, 15) is 9.59 Å². The van der Waals surface area contributed by atoms with Crippen LogP contribution in [0.3, 0.4) is 0 Å². The molecule has 0 aromatic heterocycles. The summed E-state index contributed by atoms with van der Waals surface area (Å²) >= 11 is 0. The number of rotatable bonds is 5. The van der Waals surface area contributed by atoms with Crippen LogP contribution in [-0.2, 0) is 4.79 Å². The van der Waals surface area contributed by atoms with E-state index >= 15 is 0 Å². The minimum Gasteiger partial charge on any atom is -0.481 e. The second kappa shape index (κ2) is 6.03. The van der Waals surface area contributed by atoms with E-state index in [0.717, 1.165) is 5.56 Å². The Balaban J connectivity index is 2.55. The minimum atomic E-state index is -0.845. The minimum absolute atomic E-state index is 0.0647. The van der Waals surface area contributed by atoms with Gasteiger partial charge in [0.1, 0.15) is 0 Å². The van der Waals surface area contributed by atoms with Gasteiger partial charge in [-0.05, 0) is 31.9 Å². The van der Waals surface area contributed by atoms with E-state index in [2.05, 4.69) is 5.32 Å². The van der Waals surface area contributed by atoms with Crippen LogP contribution in [-0.4, -0.2) is 23.0 Å². The fourth-order valence-corrected chi connectivity index (χ4v) is 1.54. The third-order valence-electron chi connectivity index (χ3n) is 2.56. The molecule has 0 bridgehead atoms. The highest BCUT2D eigenvalue weighted by Crippen LogP contribution is 2.07. The van der Waals surface area contributed by atoms with E-state index in [1.165, 1.54) is 0 Å². The first kappa shape index (κ1) is 13.2. The molecule has 0 heterocycles. The molecule has 0 aliphatic heterocycles. The molecule has 1 amide bonds. The van der Waals surface area contributed by atoms with Gasteiger partial charge in [-0.15, -0.1) is 0 Å². The Kier molecular flexibility index (Phi) is 4.69. The van der Waals surface area contributed by atoms with Gasteiger partial charge in [-0.2, -0.15) is 0 Å². The Labute approximate surface area is 101 Å². The highest BCUT2D eigenvalue weighted by atomic mass is 16.4. The molecule has 92 valence electrons. The van der Waals surface area contributed by atoms with Crippen LogP contribution in [0.4, 0.5) is 0 Å². The SMILES string of the molecule is Cc1ccccc1C(=O)NC(C)CCC(=O)O. The zero-order valence-electron chi connectivity index (χ0n) is 10.1. The summed E-state index contributed by atoms with van der Waals surface area (Å²) in [7, 11) is 0. The van der Waals surface area contributed by atoms with E-state index in [0.29, 0.717) is 12.0 Å². The molecule has 4 nitrogen and oxygen atoms in total. The van der Waals surface area contributed by atoms with Crippen LogP contribution in [0.5, 0.6) is 0 Å². The van der Waals surface area contributed by atoms with Gasteiger partial charge in [0.25, 0.3) is 5.91 Å². The number of carboxylic acids is 1. The first-order valence-corrected chi connectivity index (χ1v) is 5.59. The summed E-state index contributed by atoms with van der Waals surface area (Å²) in [4.78, 5) is 22.3. The highest BCUT2D eigenvalue weighted by molar-refractivity contribution is 5.95. The lowest BCUT2D eigenvalue weighted by atomic mass is 10.1. The number of carbonyl (C=O) groups is 2. The Bertz CT molecular complexity index is 415. The van der Waals surface area contributed by atoms with Crippen LogP contribution >= 0.6 is 0 Å². The molecule has 0 aliphatic carbocycles. The van der Waals surface area contributed by atoms with Crippen molar-refractivity contribution in [2.45, 2.75) is 32.7 Å². The van der Waals surface area contributed by atoms with Crippen LogP contribution in [0.15, 0.2) is 24.3 Å². The summed E-state index contributed by atoms with van der Waals surface area (Å²) in [5, 5.41) is 11.3. The molecule has 1 atom stereocenters. The number of carbonyl (C=O) groups excluding carboxylic acids is 1. The predicted octanol–water partition coefficient (Wildman–Crippen LogP) is 1.98. The number of hydrogen-bond acceptors (Lipinski definition) is 2. The van der Waals surface area contributed by atoms with Crippen molar-refractivity contribution >= 4 is 11.9 Å². The monoisotopic (exact) mass is 235 g/mol. The van der Waals surface area contributed by atoms with Gasteiger partial charge in [0.2, 0.25) is 0 Å². The van der Waals surface area contributed by atoms with Crippen LogP contribution in [0, 0.1) is 6.92 Å². The molecule has 0 radical (unpaired) electrons. The van der Waals surface area contributed by atoms with Crippen molar-refractivity contribution in [3.05, 3.63) is 35.4 Å². The fraction of sp³-hybridized carbons (Fsp3) is 0.385. The van der Waals surface area contributed by atoms with Crippen molar-refractivity contribution in [3.8, 4) is 0 Å². The number of benzene rings is 1. The molecular weight excluding hydrogens is 218 g/mol. The second-order valence-corrected chi connectivity index (χ2v) is 4.12. The fourth-order valence-electron chi connectivity index (χ4n) is 1.54. The smallest absolute Gasteiger partial charge is 0.303 e. The Hall–Kier alpha value is -1.84. The normalized spacial score (nSPS) is 11.9. The van der Waals surface area contributed by atoms with Crippen LogP contribution < -0.4 is 5.32 Å². The molecule has 0 saturated carbocycles. The van der Waals surface area contributed by atoms with Gasteiger partial charge in [0, 0.05) is 18.0 Å². The zero-order chi connectivity index (χ0) is 12.8. The lowest BCUT2D eigenvalue weighted by molar-refractivity contribution is -0.137. The Morgan fingerprint density at radius 1 is 1.35 bits per heavy atom. The van der Waals surface area contributed by atoms with Crippen molar-refractivity contribution in [1.29, 1.82) is 0 Å². The molecule has 1 aromatic rings. The largest absolute Gasteiger partial charge is 0.481 e. The number of amides is 1. The van der Waals surface area contributed by atoms with Crippen molar-refractivity contribution in [2.75, 3.05) is 0 Å². The van der Waals surface area contributed by atoms with Gasteiger partial charge in [-0.25, -0.2) is 0 Å². The molecule has 2 N–H and O–H groups in total. The maximum absolute atomic E-state index is 11.9. The summed E-state index contributed by atoms with van der Waals surface area (Å²) < 4.78 is 0. The van der Waals surface area contributed by atoms with Gasteiger partial charge < -0.3 is 10.4 Å². The van der Waals surface area contributed by atoms with Crippen molar-refractivity contribution in [3.63, 3.8) is 0 Å². The summed E-state index contributed by atoms with van der Waals surface area (Å²) in [6.45, 7) is 3.68. The number of carboxylic acid groups (broad SMARTS) is 1.